The molecule has 0 aliphatic rings. The van der Waals surface area contributed by atoms with E-state index in [9.17, 15) is 5.11 Å². The van der Waals surface area contributed by atoms with E-state index in [4.69, 9.17) is 14.1 Å². The Morgan fingerprint density at radius 3 is 1.89 bits per heavy atom. The van der Waals surface area contributed by atoms with Crippen LogP contribution < -0.4 is 0 Å². The summed E-state index contributed by atoms with van der Waals surface area (Å²) in [5.41, 5.74) is 14.8. The monoisotopic (exact) mass is 1050 g/mol. The van der Waals surface area contributed by atoms with Crippen LogP contribution in [0.2, 0.25) is 0 Å². The number of nitrogens with zero attached hydrogens (tertiary/aromatic N) is 3. The van der Waals surface area contributed by atoms with Gasteiger partial charge in [0.15, 0.2) is 0 Å². The van der Waals surface area contributed by atoms with E-state index in [1.54, 1.807) is 12.1 Å². The van der Waals surface area contributed by atoms with Crippen LogP contribution in [0.5, 0.6) is 5.75 Å². The third-order valence-corrected chi connectivity index (χ3v) is 12.5. The van der Waals surface area contributed by atoms with E-state index >= 15 is 0 Å². The van der Waals surface area contributed by atoms with Crippen molar-refractivity contribution in [2.45, 2.75) is 85.4 Å². The van der Waals surface area contributed by atoms with E-state index in [2.05, 4.69) is 141 Å². The van der Waals surface area contributed by atoms with Crippen molar-refractivity contribution >= 4 is 11.0 Å². The second-order valence-corrected chi connectivity index (χ2v) is 20.2. The van der Waals surface area contributed by atoms with Crippen molar-refractivity contribution in [2.24, 2.45) is 0 Å². The van der Waals surface area contributed by atoms with Crippen molar-refractivity contribution in [1.29, 1.82) is 0 Å². The molecule has 0 saturated heterocycles. The van der Waals surface area contributed by atoms with Crippen molar-refractivity contribution < 1.29 is 30.3 Å². The van der Waals surface area contributed by atoms with Crippen LogP contribution in [0.1, 0.15) is 88.7 Å². The SMILES string of the molecule is [2H]C([2H])([2H])c1cc(-c2c(-c3ccccc3)cccc2C(C)(C)C)ccc1-n1c(-c2ccccc2O)nc2c(-c3[c-]c(-c4cc(-c5ccc(C(C)(C)C)cc5)ccn4)cc(C(C)(C)C)c3)cccc21.[Pt]. The molecule has 4 nitrogen and oxygen atoms in total. The van der Waals surface area contributed by atoms with Crippen LogP contribution in [-0.4, -0.2) is 19.6 Å². The van der Waals surface area contributed by atoms with Gasteiger partial charge in [-0.25, -0.2) is 4.98 Å². The van der Waals surface area contributed by atoms with Crippen LogP contribution in [0.15, 0.2) is 164 Å². The van der Waals surface area contributed by atoms with Gasteiger partial charge in [0.25, 0.3) is 0 Å². The number of rotatable bonds is 7. The Balaban J connectivity index is 0.00000642. The Labute approximate surface area is 410 Å². The number of aromatic hydroxyl groups is 1. The van der Waals surface area contributed by atoms with Gasteiger partial charge in [-0.2, -0.15) is 0 Å². The minimum atomic E-state index is -2.53. The number of hydrogen-bond donors (Lipinski definition) is 1. The fourth-order valence-corrected chi connectivity index (χ4v) is 8.84. The van der Waals surface area contributed by atoms with Gasteiger partial charge in [-0.3, -0.25) is 9.55 Å². The number of benzene rings is 7. The number of para-hydroxylation sites is 2. The van der Waals surface area contributed by atoms with Crippen molar-refractivity contribution in [2.75, 3.05) is 0 Å². The second kappa shape index (κ2) is 17.8. The van der Waals surface area contributed by atoms with Crippen LogP contribution in [0.3, 0.4) is 0 Å². The summed E-state index contributed by atoms with van der Waals surface area (Å²) in [7, 11) is 0. The summed E-state index contributed by atoms with van der Waals surface area (Å²) in [6.45, 7) is 17.3. The fourth-order valence-electron chi connectivity index (χ4n) is 8.84. The molecule has 2 heterocycles. The molecule has 2 aromatic heterocycles. The number of pyridine rings is 1. The summed E-state index contributed by atoms with van der Waals surface area (Å²) in [6.07, 6.45) is 1.86. The smallest absolute Gasteiger partial charge is 0.148 e. The molecule has 0 spiro atoms. The number of hydrogen-bond acceptors (Lipinski definition) is 3. The van der Waals surface area contributed by atoms with E-state index in [0.717, 1.165) is 66.9 Å². The van der Waals surface area contributed by atoms with E-state index < -0.39 is 6.85 Å². The van der Waals surface area contributed by atoms with Crippen LogP contribution >= 0.6 is 0 Å². The molecule has 0 bridgehead atoms. The first-order valence-corrected chi connectivity index (χ1v) is 22.5. The maximum Gasteiger partial charge on any atom is 0.148 e. The number of aryl methyl sites for hydroxylation is 1. The fraction of sp³-hybridized carbons (Fsp3) is 0.213. The first kappa shape index (κ1) is 42.3. The minimum absolute atomic E-state index is 0. The third-order valence-electron chi connectivity index (χ3n) is 12.5. The predicted octanol–water partition coefficient (Wildman–Crippen LogP) is 16.1. The predicted molar refractivity (Wildman–Crippen MR) is 273 cm³/mol. The molecule has 0 atom stereocenters. The van der Waals surface area contributed by atoms with Crippen LogP contribution in [0, 0.1) is 12.9 Å². The van der Waals surface area contributed by atoms with Crippen LogP contribution in [0.4, 0.5) is 0 Å². The summed E-state index contributed by atoms with van der Waals surface area (Å²) in [4.78, 5) is 10.2. The van der Waals surface area contributed by atoms with E-state index in [1.165, 1.54) is 5.56 Å². The van der Waals surface area contributed by atoms with E-state index in [1.807, 2.05) is 83.6 Å². The average molecular weight is 1050 g/mol. The molecule has 334 valence electrons. The minimum Gasteiger partial charge on any atom is -0.507 e. The molecule has 5 heteroatoms. The van der Waals surface area contributed by atoms with E-state index in [-0.39, 0.29) is 48.6 Å². The standard InChI is InChI=1S/C61H58N3O.Pt/c1-39-34-43(56-48(41-18-12-11-13-19-41)21-16-23-51(56)61(8,9)10)28-31-53(39)64-54-24-17-22-49(57(54)63-58(64)50-20-14-15-25-55(50)65)44-35-45(37-47(36-44)60(5,6)7)52-38-42(32-33-62-52)40-26-29-46(30-27-40)59(2,3)4;/h11-34,36-38,65H,1-10H3;/q-1;/i1D3;. The number of phenolic OH excluding ortho intramolecular Hbond substituents is 1. The molecule has 0 amide bonds. The quantitative estimate of drug-likeness (QED) is 0.162. The maximum atomic E-state index is 11.5. The maximum absolute atomic E-state index is 11.5. The Bertz CT molecular complexity index is 3330. The third kappa shape index (κ3) is 8.97. The van der Waals surface area contributed by atoms with Crippen molar-refractivity contribution in [1.82, 2.24) is 14.5 Å². The molecule has 0 unspecified atom stereocenters. The van der Waals surface area contributed by atoms with Gasteiger partial charge >= 0.3 is 0 Å². The normalized spacial score (nSPS) is 12.9. The van der Waals surface area contributed by atoms with Crippen molar-refractivity contribution in [3.8, 4) is 78.6 Å². The molecule has 7 aromatic carbocycles. The van der Waals surface area contributed by atoms with Crippen molar-refractivity contribution in [3.63, 3.8) is 0 Å². The summed E-state index contributed by atoms with van der Waals surface area (Å²) in [5.74, 6) is 0.453. The zero-order valence-electron chi connectivity index (χ0n) is 42.2. The number of imidazole rings is 1. The number of aromatic nitrogens is 3. The van der Waals surface area contributed by atoms with Crippen LogP contribution in [0.25, 0.3) is 83.9 Å². The first-order chi connectivity index (χ1) is 32.2. The Kier molecular flexibility index (Phi) is 11.4. The topological polar surface area (TPSA) is 50.9 Å². The van der Waals surface area contributed by atoms with Crippen molar-refractivity contribution in [3.05, 3.63) is 192 Å². The van der Waals surface area contributed by atoms with Gasteiger partial charge in [-0.05, 0) is 110 Å². The molecule has 0 fully saturated rings. The molecule has 0 radical (unpaired) electrons. The molecular formula is C61H58N3OPt-. The zero-order chi connectivity index (χ0) is 48.3. The first-order valence-electron chi connectivity index (χ1n) is 24.0. The summed E-state index contributed by atoms with van der Waals surface area (Å²) < 4.78 is 29.2. The Hall–Kier alpha value is -6.35. The van der Waals surface area contributed by atoms with Gasteiger partial charge < -0.3 is 5.11 Å². The van der Waals surface area contributed by atoms with Gasteiger partial charge in [0.2, 0.25) is 0 Å². The molecule has 0 aliphatic carbocycles. The average Bonchev–Trinajstić information content (AvgIpc) is 3.70. The molecule has 0 aliphatic heterocycles. The molecule has 66 heavy (non-hydrogen) atoms. The molecule has 0 saturated carbocycles. The van der Waals surface area contributed by atoms with Gasteiger partial charge in [-0.1, -0.05) is 183 Å². The van der Waals surface area contributed by atoms with E-state index in [0.29, 0.717) is 28.1 Å². The van der Waals surface area contributed by atoms with Gasteiger partial charge in [0.1, 0.15) is 11.6 Å². The summed E-state index contributed by atoms with van der Waals surface area (Å²) in [5, 5.41) is 11.5. The largest absolute Gasteiger partial charge is 0.507 e. The summed E-state index contributed by atoms with van der Waals surface area (Å²) >= 11 is 0. The molecule has 9 rings (SSSR count). The molecule has 1 N–H and O–H groups in total. The molecular weight excluding hydrogens is 986 g/mol. The number of fused-ring (bicyclic) bond motifs is 1. The Morgan fingerprint density at radius 2 is 1.20 bits per heavy atom. The number of phenols is 1. The van der Waals surface area contributed by atoms with Gasteiger partial charge in [0.05, 0.1) is 22.3 Å². The molecule has 9 aromatic rings. The Morgan fingerprint density at radius 1 is 0.545 bits per heavy atom. The second-order valence-electron chi connectivity index (χ2n) is 20.2. The summed E-state index contributed by atoms with van der Waals surface area (Å²) in [6, 6.07) is 56.5. The zero-order valence-corrected chi connectivity index (χ0v) is 41.5. The van der Waals surface area contributed by atoms with Crippen LogP contribution in [-0.2, 0) is 37.3 Å². The van der Waals surface area contributed by atoms with Gasteiger partial charge in [0, 0.05) is 37.1 Å². The van der Waals surface area contributed by atoms with Gasteiger partial charge in [-0.15, -0.1) is 29.3 Å².